The zero-order chi connectivity index (χ0) is 21.7. The van der Waals surface area contributed by atoms with E-state index in [2.05, 4.69) is 15.5 Å². The fourth-order valence-electron chi connectivity index (χ4n) is 2.57. The van der Waals surface area contributed by atoms with Crippen LogP contribution in [0.25, 0.3) is 0 Å². The predicted molar refractivity (Wildman–Crippen MR) is 111 cm³/mol. The lowest BCUT2D eigenvalue weighted by Gasteiger charge is -2.13. The second-order valence-electron chi connectivity index (χ2n) is 6.41. The van der Waals surface area contributed by atoms with Gasteiger partial charge in [-0.25, -0.2) is 4.39 Å². The smallest absolute Gasteiger partial charge is 0.237 e. The molecule has 8 nitrogen and oxygen atoms in total. The van der Waals surface area contributed by atoms with Crippen molar-refractivity contribution >= 4 is 40.9 Å². The van der Waals surface area contributed by atoms with Gasteiger partial charge in [0.25, 0.3) is 0 Å². The number of nitrogens with one attached hydrogen (secondary N) is 1. The van der Waals surface area contributed by atoms with Gasteiger partial charge >= 0.3 is 0 Å². The number of nitrogens with two attached hydrogens (primary N) is 1. The highest BCUT2D eigenvalue weighted by Crippen LogP contribution is 2.26. The van der Waals surface area contributed by atoms with Crippen molar-refractivity contribution in [1.29, 1.82) is 0 Å². The van der Waals surface area contributed by atoms with Gasteiger partial charge in [-0.05, 0) is 37.3 Å². The Hall–Kier alpha value is -2.85. The van der Waals surface area contributed by atoms with E-state index in [1.165, 1.54) is 30.0 Å². The summed E-state index contributed by atoms with van der Waals surface area (Å²) in [5.41, 5.74) is 5.63. The van der Waals surface area contributed by atoms with E-state index in [0.29, 0.717) is 35.4 Å². The molecule has 1 atom stereocenters. The molecule has 158 valence electrons. The SMILES string of the molecule is CC(Sc1nnc(CCC(N)=O)n1Cc1ccco1)C(=O)Nc1ccc(F)c(Cl)c1. The Bertz CT molecular complexity index is 1040. The van der Waals surface area contributed by atoms with Gasteiger partial charge in [0.2, 0.25) is 11.8 Å². The minimum absolute atomic E-state index is 0.0783. The number of primary amides is 1. The standard InChI is InChI=1S/C19H19ClFN5O3S/c1-11(18(28)23-12-4-5-15(21)14(20)9-12)30-19-25-24-17(7-6-16(22)27)26(19)10-13-3-2-8-29-13/h2-5,8-9,11H,6-7,10H2,1H3,(H2,22,27)(H,23,28). The lowest BCUT2D eigenvalue weighted by molar-refractivity contribution is -0.118. The maximum Gasteiger partial charge on any atom is 0.237 e. The number of aromatic nitrogens is 3. The summed E-state index contributed by atoms with van der Waals surface area (Å²) < 4.78 is 20.5. The van der Waals surface area contributed by atoms with E-state index >= 15 is 0 Å². The molecule has 0 radical (unpaired) electrons. The van der Waals surface area contributed by atoms with Crippen LogP contribution in [0.1, 0.15) is 24.9 Å². The van der Waals surface area contributed by atoms with Crippen LogP contribution < -0.4 is 11.1 Å². The molecule has 3 N–H and O–H groups in total. The summed E-state index contributed by atoms with van der Waals surface area (Å²) in [6.07, 6.45) is 2.00. The Labute approximate surface area is 181 Å². The number of halogens is 2. The van der Waals surface area contributed by atoms with Gasteiger partial charge in [-0.2, -0.15) is 0 Å². The molecule has 11 heteroatoms. The number of amides is 2. The van der Waals surface area contributed by atoms with Crippen molar-refractivity contribution in [3.05, 3.63) is 59.0 Å². The molecule has 0 bridgehead atoms. The first kappa shape index (κ1) is 21.8. The average Bonchev–Trinajstić information content (AvgIpc) is 3.34. The summed E-state index contributed by atoms with van der Waals surface area (Å²) >= 11 is 6.95. The van der Waals surface area contributed by atoms with Gasteiger partial charge in [-0.3, -0.25) is 14.2 Å². The van der Waals surface area contributed by atoms with E-state index in [9.17, 15) is 14.0 Å². The van der Waals surface area contributed by atoms with Crippen molar-refractivity contribution in [1.82, 2.24) is 14.8 Å². The van der Waals surface area contributed by atoms with E-state index in [1.807, 2.05) is 0 Å². The molecule has 0 aliphatic heterocycles. The highest BCUT2D eigenvalue weighted by atomic mass is 35.5. The molecule has 2 aromatic heterocycles. The number of aryl methyl sites for hydroxylation is 1. The quantitative estimate of drug-likeness (QED) is 0.482. The molecule has 2 heterocycles. The largest absolute Gasteiger partial charge is 0.467 e. The number of rotatable bonds is 9. The van der Waals surface area contributed by atoms with Crippen LogP contribution >= 0.6 is 23.4 Å². The molecular formula is C19H19ClFN5O3S. The molecule has 1 unspecified atom stereocenters. The number of nitrogens with zero attached hydrogens (tertiary/aromatic N) is 3. The molecule has 0 saturated carbocycles. The number of carbonyl (C=O) groups excluding carboxylic acids is 2. The molecular weight excluding hydrogens is 433 g/mol. The molecule has 2 amide bonds. The van der Waals surface area contributed by atoms with Crippen molar-refractivity contribution in [3.63, 3.8) is 0 Å². The van der Waals surface area contributed by atoms with E-state index < -0.39 is 17.0 Å². The van der Waals surface area contributed by atoms with E-state index in [1.54, 1.807) is 29.9 Å². The molecule has 3 rings (SSSR count). The number of thioether (sulfide) groups is 1. The number of anilines is 1. The van der Waals surface area contributed by atoms with Gasteiger partial charge in [-0.1, -0.05) is 23.4 Å². The van der Waals surface area contributed by atoms with Crippen molar-refractivity contribution in [2.24, 2.45) is 5.73 Å². The third-order valence-electron chi connectivity index (χ3n) is 4.12. The minimum Gasteiger partial charge on any atom is -0.467 e. The summed E-state index contributed by atoms with van der Waals surface area (Å²) in [5.74, 6) is -0.0800. The van der Waals surface area contributed by atoms with Crippen molar-refractivity contribution < 1.29 is 18.4 Å². The zero-order valence-corrected chi connectivity index (χ0v) is 17.5. The third kappa shape index (κ3) is 5.61. The highest BCUT2D eigenvalue weighted by Gasteiger charge is 2.21. The maximum absolute atomic E-state index is 13.3. The first-order valence-corrected chi connectivity index (χ1v) is 10.2. The predicted octanol–water partition coefficient (Wildman–Crippen LogP) is 3.25. The summed E-state index contributed by atoms with van der Waals surface area (Å²) in [6, 6.07) is 7.52. The van der Waals surface area contributed by atoms with Crippen molar-refractivity contribution in [2.75, 3.05) is 5.32 Å². The molecule has 0 spiro atoms. The number of furan rings is 1. The van der Waals surface area contributed by atoms with Crippen molar-refractivity contribution in [3.8, 4) is 0 Å². The molecule has 0 aliphatic carbocycles. The topological polar surface area (TPSA) is 116 Å². The Balaban J connectivity index is 1.74. The molecule has 1 aromatic carbocycles. The number of hydrogen-bond acceptors (Lipinski definition) is 6. The number of carbonyl (C=O) groups is 2. The Morgan fingerprint density at radius 3 is 2.83 bits per heavy atom. The first-order valence-electron chi connectivity index (χ1n) is 8.99. The van der Waals surface area contributed by atoms with Gasteiger partial charge in [0.05, 0.1) is 23.1 Å². The fourth-order valence-corrected chi connectivity index (χ4v) is 3.62. The summed E-state index contributed by atoms with van der Waals surface area (Å²) in [4.78, 5) is 23.7. The van der Waals surface area contributed by atoms with E-state index in [-0.39, 0.29) is 17.4 Å². The Morgan fingerprint density at radius 2 is 2.17 bits per heavy atom. The lowest BCUT2D eigenvalue weighted by Crippen LogP contribution is -2.23. The summed E-state index contributed by atoms with van der Waals surface area (Å²) in [5, 5.41) is 10.9. The molecule has 0 aliphatic rings. The Kier molecular flexibility index (Phi) is 7.11. The molecule has 0 saturated heterocycles. The third-order valence-corrected chi connectivity index (χ3v) is 5.49. The number of benzene rings is 1. The summed E-state index contributed by atoms with van der Waals surface area (Å²) in [6.45, 7) is 2.05. The normalized spacial score (nSPS) is 12.0. The zero-order valence-electron chi connectivity index (χ0n) is 16.0. The van der Waals surface area contributed by atoms with Gasteiger partial charge in [0.15, 0.2) is 5.16 Å². The first-order chi connectivity index (χ1) is 14.3. The molecule has 30 heavy (non-hydrogen) atoms. The van der Waals surface area contributed by atoms with Crippen LogP contribution in [0.4, 0.5) is 10.1 Å². The van der Waals surface area contributed by atoms with Crippen LogP contribution in [-0.2, 0) is 22.6 Å². The van der Waals surface area contributed by atoms with Crippen LogP contribution in [0.3, 0.4) is 0 Å². The van der Waals surface area contributed by atoms with Crippen LogP contribution in [0.2, 0.25) is 5.02 Å². The molecule has 3 aromatic rings. The number of hydrogen-bond donors (Lipinski definition) is 2. The fraction of sp³-hybridized carbons (Fsp3) is 0.263. The van der Waals surface area contributed by atoms with E-state index in [4.69, 9.17) is 21.8 Å². The monoisotopic (exact) mass is 451 g/mol. The maximum atomic E-state index is 13.3. The second-order valence-corrected chi connectivity index (χ2v) is 8.12. The summed E-state index contributed by atoms with van der Waals surface area (Å²) in [7, 11) is 0. The van der Waals surface area contributed by atoms with Crippen LogP contribution in [0.15, 0.2) is 46.2 Å². The van der Waals surface area contributed by atoms with E-state index in [0.717, 1.165) is 0 Å². The van der Waals surface area contributed by atoms with Gasteiger partial charge in [0.1, 0.15) is 17.4 Å². The van der Waals surface area contributed by atoms with Gasteiger partial charge in [-0.15, -0.1) is 10.2 Å². The highest BCUT2D eigenvalue weighted by molar-refractivity contribution is 8.00. The molecule has 0 fully saturated rings. The van der Waals surface area contributed by atoms with Gasteiger partial charge < -0.3 is 15.5 Å². The average molecular weight is 452 g/mol. The minimum atomic E-state index is -0.563. The van der Waals surface area contributed by atoms with Crippen LogP contribution in [0, 0.1) is 5.82 Å². The lowest BCUT2D eigenvalue weighted by atomic mass is 10.3. The van der Waals surface area contributed by atoms with Crippen LogP contribution in [0.5, 0.6) is 0 Å². The second kappa shape index (κ2) is 9.77. The van der Waals surface area contributed by atoms with Crippen molar-refractivity contribution in [2.45, 2.75) is 36.7 Å². The Morgan fingerprint density at radius 1 is 1.37 bits per heavy atom. The van der Waals surface area contributed by atoms with Gasteiger partial charge in [0, 0.05) is 18.5 Å². The van der Waals surface area contributed by atoms with Crippen LogP contribution in [-0.4, -0.2) is 31.8 Å².